The Kier molecular flexibility index (Phi) is 29.2. The Morgan fingerprint density at radius 2 is 0.699 bits per heavy atom. The van der Waals surface area contributed by atoms with Gasteiger partial charge in [-0.05, 0) is 179 Å². The number of hydrogen-bond acceptors (Lipinski definition) is 22. The van der Waals surface area contributed by atoms with Crippen molar-refractivity contribution in [3.63, 3.8) is 0 Å². The predicted molar refractivity (Wildman–Crippen MR) is 518 cm³/mol. The van der Waals surface area contributed by atoms with E-state index in [-0.39, 0.29) is 77.3 Å². The summed E-state index contributed by atoms with van der Waals surface area (Å²) in [5.41, 5.74) is 12.6. The van der Waals surface area contributed by atoms with Crippen molar-refractivity contribution < 1.29 is 38.5 Å². The number of carbonyl (C=O) groups excluding carboxylic acids is 4. The third-order valence-electron chi connectivity index (χ3n) is 20.9. The number of aryl methyl sites for hydroxylation is 8. The maximum absolute atomic E-state index is 13.5. The lowest BCUT2D eigenvalue weighted by Crippen LogP contribution is -2.40. The molecule has 0 saturated carbocycles. The van der Waals surface area contributed by atoms with Crippen molar-refractivity contribution in [3.05, 3.63) is 258 Å². The van der Waals surface area contributed by atoms with Crippen molar-refractivity contribution >= 4 is 175 Å². The number of Topliss-reactive ketones (excluding diaryl/α,β-unsaturated/α-hetero) is 1. The number of allylic oxidation sites excluding steroid dienone is 1. The normalized spacial score (nSPS) is 12.2. The first-order valence-electron chi connectivity index (χ1n) is 41.3. The average Bonchev–Trinajstić information content (AvgIpc) is 1.56. The first-order valence-corrected chi connectivity index (χ1v) is 43.6. The molecule has 0 radical (unpaired) electrons. The molecule has 2 unspecified atom stereocenters. The number of benzene rings is 4. The highest BCUT2D eigenvalue weighted by atomic mass is 79.9. The van der Waals surface area contributed by atoms with E-state index in [1.807, 2.05) is 32.0 Å². The quantitative estimate of drug-likeness (QED) is 0.0404. The van der Waals surface area contributed by atoms with Gasteiger partial charge in [0.2, 0.25) is 0 Å². The van der Waals surface area contributed by atoms with Crippen LogP contribution in [-0.2, 0) is 96.8 Å². The number of aliphatic hydroxyl groups is 1. The lowest BCUT2D eigenvalue weighted by Gasteiger charge is -2.21. The van der Waals surface area contributed by atoms with E-state index in [4.69, 9.17) is 77.2 Å². The first-order chi connectivity index (χ1) is 62.1. The number of H-pyrrole nitrogens is 1. The molecule has 0 fully saturated rings. The summed E-state index contributed by atoms with van der Waals surface area (Å²) in [6, 6.07) is 27.0. The molecular formula is C90H103BrCl4N22O16. The third-order valence-corrected chi connectivity index (χ3v) is 22.9. The number of imidazole rings is 4. The van der Waals surface area contributed by atoms with E-state index >= 15 is 0 Å². The maximum atomic E-state index is 13.5. The monoisotopic (exact) mass is 1970 g/mol. The second kappa shape index (κ2) is 38.7. The molecule has 0 aliphatic rings. The van der Waals surface area contributed by atoms with E-state index in [1.165, 1.54) is 60.6 Å². The van der Waals surface area contributed by atoms with Crippen LogP contribution in [0.1, 0.15) is 154 Å². The SMILES string of the molecule is C=C(C)C.CC(=O)c1nc2c(c(=O)n(Cc3cc4c(Cl)cccc4n3C(=O)OC(C)(C)C)c(=O)n2C)n1C.CC(N)c1nc2c(c(=O)n(Cc3cc4c(Cl)cccc4[nH]3)c(=O)n2C)n1C.CC(N)c1nc2c(c(=O)n(Cc3cc4c(Cl)cccc4n3C(=O)OC(C)(C)C)c(=O)n2C)n1C.CO.Cn1c(Br)nc2c1c(=O)n(Cc1cc3c(Cl)cccc3n1C(=O)OC(C)(C)C)c(=O)n2C. The Bertz CT molecular complexity index is 7950. The molecule has 0 saturated heterocycles. The Morgan fingerprint density at radius 1 is 0.421 bits per heavy atom. The number of aromatic amines is 1. The molecule has 4 aromatic carbocycles. The van der Waals surface area contributed by atoms with Crippen LogP contribution in [0.4, 0.5) is 14.4 Å². The number of nitrogens with zero attached hydrogens (tertiary/aromatic N) is 19. The number of carbonyl (C=O) groups is 4. The second-order valence-corrected chi connectivity index (χ2v) is 37.2. The first kappa shape index (κ1) is 101. The highest BCUT2D eigenvalue weighted by molar-refractivity contribution is 9.10. The van der Waals surface area contributed by atoms with Gasteiger partial charge in [-0.2, -0.15) is 0 Å². The Hall–Kier alpha value is -13.0. The number of nitrogens with two attached hydrogens (primary N) is 2. The van der Waals surface area contributed by atoms with E-state index in [0.29, 0.717) is 103 Å². The molecule has 0 aliphatic carbocycles. The van der Waals surface area contributed by atoms with Gasteiger partial charge in [0.1, 0.15) is 28.5 Å². The summed E-state index contributed by atoms with van der Waals surface area (Å²) < 4.78 is 36.9. The van der Waals surface area contributed by atoms with Crippen LogP contribution >= 0.6 is 62.3 Å². The zero-order chi connectivity index (χ0) is 98.8. The molecule has 6 N–H and O–H groups in total. The van der Waals surface area contributed by atoms with Gasteiger partial charge in [-0.15, -0.1) is 6.58 Å². The van der Waals surface area contributed by atoms with Gasteiger partial charge in [-0.3, -0.25) is 60.5 Å². The smallest absolute Gasteiger partial charge is 0.419 e. The van der Waals surface area contributed by atoms with Gasteiger partial charge in [-0.25, -0.2) is 67.2 Å². The summed E-state index contributed by atoms with van der Waals surface area (Å²) in [7, 11) is 13.8. The number of ketones is 1. The number of nitrogens with one attached hydrogen (secondary N) is 1. The molecule has 133 heavy (non-hydrogen) atoms. The van der Waals surface area contributed by atoms with Gasteiger partial charge in [0.05, 0.1) is 71.9 Å². The van der Waals surface area contributed by atoms with Crippen LogP contribution in [0.2, 0.25) is 20.1 Å². The van der Waals surface area contributed by atoms with E-state index in [0.717, 1.165) is 31.7 Å². The molecule has 704 valence electrons. The molecule has 2 atom stereocenters. The molecule has 16 aromatic rings. The van der Waals surface area contributed by atoms with Crippen LogP contribution in [-0.4, -0.2) is 147 Å². The Labute approximate surface area is 786 Å². The number of halogens is 5. The Balaban J connectivity index is 0.000000168. The highest BCUT2D eigenvalue weighted by Crippen LogP contribution is 2.34. The number of hydrogen-bond donors (Lipinski definition) is 4. The average molecular weight is 1970 g/mol. The second-order valence-electron chi connectivity index (χ2n) is 34.8. The van der Waals surface area contributed by atoms with Crippen LogP contribution in [0.25, 0.3) is 88.3 Å². The molecule has 0 spiro atoms. The lowest BCUT2D eigenvalue weighted by atomic mass is 10.2. The topological polar surface area (TPSA) is 446 Å². The Morgan fingerprint density at radius 3 is 1.00 bits per heavy atom. The van der Waals surface area contributed by atoms with Crippen LogP contribution in [0.5, 0.6) is 0 Å². The van der Waals surface area contributed by atoms with Crippen LogP contribution in [0, 0.1) is 0 Å². The van der Waals surface area contributed by atoms with Gasteiger partial charge >= 0.3 is 41.0 Å². The molecule has 0 aliphatic heterocycles. The zero-order valence-corrected chi connectivity index (χ0v) is 82.2. The predicted octanol–water partition coefficient (Wildman–Crippen LogP) is 12.4. The zero-order valence-electron chi connectivity index (χ0n) is 77.5. The minimum absolute atomic E-state index is 0.0644. The number of ether oxygens (including phenoxy) is 3. The van der Waals surface area contributed by atoms with Crippen LogP contribution < -0.4 is 56.5 Å². The summed E-state index contributed by atoms with van der Waals surface area (Å²) in [5.74, 6) is 0.757. The van der Waals surface area contributed by atoms with Crippen molar-refractivity contribution in [3.8, 4) is 0 Å². The van der Waals surface area contributed by atoms with E-state index in [1.54, 1.807) is 218 Å². The van der Waals surface area contributed by atoms with Gasteiger partial charge in [0.25, 0.3) is 22.2 Å². The van der Waals surface area contributed by atoms with Gasteiger partial charge in [-0.1, -0.05) is 76.2 Å². The fourth-order valence-corrected chi connectivity index (χ4v) is 16.3. The molecule has 43 heteroatoms. The summed E-state index contributed by atoms with van der Waals surface area (Å²) in [6.45, 7) is 27.7. The summed E-state index contributed by atoms with van der Waals surface area (Å²) in [5, 5.41) is 11.5. The molecule has 12 aromatic heterocycles. The van der Waals surface area contributed by atoms with Gasteiger partial charge in [0, 0.05) is 123 Å². The van der Waals surface area contributed by atoms with Gasteiger partial charge in [0.15, 0.2) is 61.0 Å². The molecule has 12 heterocycles. The van der Waals surface area contributed by atoms with Crippen molar-refractivity contribution in [1.29, 1.82) is 0 Å². The van der Waals surface area contributed by atoms with Gasteiger partial charge < -0.3 is 54.0 Å². The molecule has 0 bridgehead atoms. The van der Waals surface area contributed by atoms with Crippen molar-refractivity contribution in [2.24, 2.45) is 67.8 Å². The highest BCUT2D eigenvalue weighted by Gasteiger charge is 2.32. The van der Waals surface area contributed by atoms with E-state index in [9.17, 15) is 57.5 Å². The molecular weight excluding hydrogens is 1870 g/mol. The maximum Gasteiger partial charge on any atom is 0.419 e. The molecule has 0 amide bonds. The summed E-state index contributed by atoms with van der Waals surface area (Å²) >= 11 is 28.6. The molecule has 38 nitrogen and oxygen atoms in total. The largest absolute Gasteiger partial charge is 0.443 e. The standard InChI is InChI=1S/C23H27ClN6O4.C23H24ClN5O5.C21H21BrClN5O4.C18H19ClN6O2.C4H8.CH4O/c1-12(25)18-26-19-17(27(18)5)20(31)29(21(32)28(19)6)11-13-10-14-15(24)8-7-9-16(14)30(13)22(33)34-23(2,3)4;1-12(30)18-25-19-17(26(18)5)20(31)28(21(32)27(19)6)11-13-10-14-15(24)8-7-9-16(14)29(13)22(33)34-23(2,3)4;1-21(2,3)32-20(31)28-11(9-12-13(23)7-6-8-14(12)28)10-27-17(29)15-16(26(5)19(27)30)24-18(22)25(15)4;1-9(20)15-22-16-14(23(15)2)17(26)25(18(27)24(16)3)8-10-7-11-12(19)5-4-6-13(11)21-10;1-4(2)3;1-2/h7-10,12H,11,25H2,1-6H3;7-10H,11H2,1-6H3;6-9H,10H2,1-5H3;4-7,9,21H,8,20H2,1-3H3;1H2,2-3H3;2H,1H3. The fourth-order valence-electron chi connectivity index (χ4n) is 15.1. The third kappa shape index (κ3) is 19.9. The van der Waals surface area contributed by atoms with E-state index in [2.05, 4.69) is 47.4 Å². The van der Waals surface area contributed by atoms with Crippen molar-refractivity contribution in [2.45, 2.75) is 152 Å². The van der Waals surface area contributed by atoms with Crippen molar-refractivity contribution in [2.75, 3.05) is 7.11 Å². The lowest BCUT2D eigenvalue weighted by molar-refractivity contribution is 0.0528. The summed E-state index contributed by atoms with van der Waals surface area (Å²) in [4.78, 5) is 177. The fraction of sp³-hybridized carbons (Fsp3) is 0.356. The van der Waals surface area contributed by atoms with Crippen molar-refractivity contribution in [1.82, 2.24) is 93.4 Å². The molecule has 16 rings (SSSR count). The number of rotatable bonds is 11. The summed E-state index contributed by atoms with van der Waals surface area (Å²) in [6.07, 6.45) is -1.92. The minimum Gasteiger partial charge on any atom is -0.443 e. The number of fused-ring (bicyclic) bond motifs is 8. The van der Waals surface area contributed by atoms with Crippen LogP contribution in [0.3, 0.4) is 0 Å². The number of aliphatic hydroxyl groups excluding tert-OH is 1. The van der Waals surface area contributed by atoms with E-state index < -0.39 is 86.1 Å². The van der Waals surface area contributed by atoms with Crippen LogP contribution in [0.15, 0.2) is 152 Å². The minimum atomic E-state index is -0.771. The number of aromatic nitrogens is 20.